The molecule has 0 amide bonds. The molecule has 4 rings (SSSR count). The van der Waals surface area contributed by atoms with Crippen molar-refractivity contribution >= 4 is 58.8 Å². The summed E-state index contributed by atoms with van der Waals surface area (Å²) in [5, 5.41) is 92.0. The van der Waals surface area contributed by atoms with Gasteiger partial charge in [0.1, 0.15) is 45.7 Å². The third-order valence-electron chi connectivity index (χ3n) is 6.10. The molecule has 0 atom stereocenters. The quantitative estimate of drug-likeness (QED) is 0.0709. The van der Waals surface area contributed by atoms with Gasteiger partial charge in [0.2, 0.25) is 0 Å². The zero-order valence-corrected chi connectivity index (χ0v) is 22.9. The van der Waals surface area contributed by atoms with E-state index in [1.165, 1.54) is 48.6 Å². The molecule has 46 heavy (non-hydrogen) atoms. The van der Waals surface area contributed by atoms with Crippen molar-refractivity contribution in [1.29, 1.82) is 0 Å². The van der Waals surface area contributed by atoms with Gasteiger partial charge in [-0.2, -0.15) is 0 Å². The first-order valence-corrected chi connectivity index (χ1v) is 12.6. The second kappa shape index (κ2) is 13.0. The lowest BCUT2D eigenvalue weighted by Gasteiger charge is -2.06. The van der Waals surface area contributed by atoms with E-state index in [1.54, 1.807) is 0 Å². The van der Waals surface area contributed by atoms with E-state index in [1.807, 2.05) is 0 Å². The van der Waals surface area contributed by atoms with Crippen molar-refractivity contribution in [2.45, 2.75) is 0 Å². The van der Waals surface area contributed by atoms with E-state index in [2.05, 4.69) is 20.5 Å². The monoisotopic (exact) mass is 628 g/mol. The Hall–Kier alpha value is -7.10. The van der Waals surface area contributed by atoms with Gasteiger partial charge in [0.05, 0.1) is 22.3 Å². The number of nitrogens with zero attached hydrogens (tertiary/aromatic N) is 4. The molecule has 0 bridgehead atoms. The van der Waals surface area contributed by atoms with E-state index >= 15 is 0 Å². The normalized spacial score (nSPS) is 11.4. The van der Waals surface area contributed by atoms with Gasteiger partial charge in [-0.3, -0.25) is 0 Å². The van der Waals surface area contributed by atoms with Gasteiger partial charge < -0.3 is 40.9 Å². The van der Waals surface area contributed by atoms with Crippen molar-refractivity contribution in [3.63, 3.8) is 0 Å². The zero-order chi connectivity index (χ0) is 33.7. The lowest BCUT2D eigenvalue weighted by atomic mass is 10.1. The summed E-state index contributed by atoms with van der Waals surface area (Å²) < 4.78 is 0. The summed E-state index contributed by atoms with van der Waals surface area (Å²) >= 11 is 0. The Labute approximate surface area is 256 Å². The molecule has 16 heteroatoms. The van der Waals surface area contributed by atoms with Crippen LogP contribution in [0.15, 0.2) is 81.1 Å². The van der Waals surface area contributed by atoms with Crippen molar-refractivity contribution in [1.82, 2.24) is 0 Å². The number of rotatable bonds is 10. The molecule has 0 heterocycles. The lowest BCUT2D eigenvalue weighted by molar-refractivity contribution is 0.0686. The standard InChI is InChI=1S/C30H20N4O12/c35-15-9-19(29(43)44)25(23(37)11-15)33-31-21-5-3-13(7-17(21)27(39)40)1-2-14-4-6-22(18(8-14)28(41)42)32-34-26-20(30(45)46)10-16(36)12-24(26)38/h1-12,35-38H,(H,39,40)(H,41,42)(H,43,44)(H,45,46)/b2-1+,33-31?,34-32?. The van der Waals surface area contributed by atoms with E-state index in [4.69, 9.17) is 0 Å². The highest BCUT2D eigenvalue weighted by Crippen LogP contribution is 2.38. The number of carboxylic acid groups (broad SMARTS) is 4. The van der Waals surface area contributed by atoms with Gasteiger partial charge in [0.25, 0.3) is 0 Å². The average molecular weight is 629 g/mol. The van der Waals surface area contributed by atoms with Gasteiger partial charge >= 0.3 is 23.9 Å². The summed E-state index contributed by atoms with van der Waals surface area (Å²) in [6.45, 7) is 0. The lowest BCUT2D eigenvalue weighted by Crippen LogP contribution is -1.98. The average Bonchev–Trinajstić information content (AvgIpc) is 2.98. The van der Waals surface area contributed by atoms with Gasteiger partial charge in [-0.05, 0) is 47.5 Å². The molecule has 0 aliphatic heterocycles. The van der Waals surface area contributed by atoms with Gasteiger partial charge in [-0.15, -0.1) is 20.5 Å². The number of phenolic OH excluding ortho intramolecular Hbond substituents is 4. The van der Waals surface area contributed by atoms with E-state index in [0.29, 0.717) is 11.1 Å². The van der Waals surface area contributed by atoms with Crippen LogP contribution in [-0.4, -0.2) is 64.7 Å². The van der Waals surface area contributed by atoms with Crippen LogP contribution in [0.1, 0.15) is 52.6 Å². The third-order valence-corrected chi connectivity index (χ3v) is 6.10. The second-order valence-corrected chi connectivity index (χ2v) is 9.23. The van der Waals surface area contributed by atoms with Crippen LogP contribution in [0.3, 0.4) is 0 Å². The smallest absolute Gasteiger partial charge is 0.338 e. The Morgan fingerprint density at radius 3 is 1.13 bits per heavy atom. The molecule has 8 N–H and O–H groups in total. The van der Waals surface area contributed by atoms with E-state index < -0.39 is 69.4 Å². The van der Waals surface area contributed by atoms with Crippen LogP contribution >= 0.6 is 0 Å². The van der Waals surface area contributed by atoms with Crippen LogP contribution in [0.4, 0.5) is 22.7 Å². The minimum Gasteiger partial charge on any atom is -0.508 e. The molecule has 4 aromatic carbocycles. The molecular formula is C30H20N4O12. The third kappa shape index (κ3) is 7.09. The highest BCUT2D eigenvalue weighted by molar-refractivity contribution is 5.97. The minimum absolute atomic E-state index is 0.193. The maximum absolute atomic E-state index is 11.9. The summed E-state index contributed by atoms with van der Waals surface area (Å²) in [4.78, 5) is 46.8. The van der Waals surface area contributed by atoms with Crippen molar-refractivity contribution in [2.75, 3.05) is 0 Å². The van der Waals surface area contributed by atoms with Crippen LogP contribution in [0.5, 0.6) is 23.0 Å². The van der Waals surface area contributed by atoms with Gasteiger partial charge in [0, 0.05) is 12.1 Å². The number of phenols is 4. The van der Waals surface area contributed by atoms with E-state index in [9.17, 15) is 60.0 Å². The number of hydrogen-bond donors (Lipinski definition) is 8. The molecule has 0 radical (unpaired) electrons. The fraction of sp³-hybridized carbons (Fsp3) is 0. The predicted octanol–water partition coefficient (Wildman–Crippen LogP) is 6.30. The summed E-state index contributed by atoms with van der Waals surface area (Å²) in [7, 11) is 0. The number of carboxylic acids is 4. The first-order valence-electron chi connectivity index (χ1n) is 12.6. The molecule has 0 aromatic heterocycles. The van der Waals surface area contributed by atoms with Gasteiger partial charge in [0.15, 0.2) is 0 Å². The first-order chi connectivity index (χ1) is 21.7. The summed E-state index contributed by atoms with van der Waals surface area (Å²) in [6, 6.07) is 11.2. The molecule has 0 unspecified atom stereocenters. The summed E-state index contributed by atoms with van der Waals surface area (Å²) in [5.74, 6) is -8.33. The number of aromatic hydroxyl groups is 4. The second-order valence-electron chi connectivity index (χ2n) is 9.23. The number of carbonyl (C=O) groups is 4. The molecule has 232 valence electrons. The van der Waals surface area contributed by atoms with Gasteiger partial charge in [-0.25, -0.2) is 19.2 Å². The topological polar surface area (TPSA) is 280 Å². The summed E-state index contributed by atoms with van der Waals surface area (Å²) in [6.07, 6.45) is 2.91. The summed E-state index contributed by atoms with van der Waals surface area (Å²) in [5.41, 5.74) is -2.58. The SMILES string of the molecule is O=C(O)c1cc(/C=C/c2ccc(N=Nc3c(O)cc(O)cc3C(=O)O)c(C(=O)O)c2)ccc1N=Nc1c(O)cc(O)cc1C(=O)O. The number of aromatic carboxylic acids is 4. The molecule has 0 fully saturated rings. The fourth-order valence-corrected chi connectivity index (χ4v) is 3.98. The van der Waals surface area contributed by atoms with Crippen LogP contribution < -0.4 is 0 Å². The van der Waals surface area contributed by atoms with Crippen LogP contribution in [0.25, 0.3) is 12.2 Å². The molecule has 0 saturated heterocycles. The number of benzene rings is 4. The molecule has 0 saturated carbocycles. The number of azo groups is 2. The first kappa shape index (κ1) is 31.8. The Balaban J connectivity index is 1.63. The Morgan fingerprint density at radius 2 is 0.804 bits per heavy atom. The Kier molecular flexibility index (Phi) is 9.02. The Morgan fingerprint density at radius 1 is 0.457 bits per heavy atom. The molecule has 4 aromatic rings. The predicted molar refractivity (Wildman–Crippen MR) is 158 cm³/mol. The van der Waals surface area contributed by atoms with Crippen molar-refractivity contribution in [2.24, 2.45) is 20.5 Å². The molecular weight excluding hydrogens is 608 g/mol. The van der Waals surface area contributed by atoms with E-state index in [-0.39, 0.29) is 22.5 Å². The Bertz CT molecular complexity index is 1870. The van der Waals surface area contributed by atoms with Gasteiger partial charge in [-0.1, -0.05) is 24.3 Å². The van der Waals surface area contributed by atoms with Crippen LogP contribution in [0.2, 0.25) is 0 Å². The van der Waals surface area contributed by atoms with Crippen LogP contribution in [-0.2, 0) is 0 Å². The van der Waals surface area contributed by atoms with Crippen LogP contribution in [0, 0.1) is 0 Å². The fourth-order valence-electron chi connectivity index (χ4n) is 3.98. The zero-order valence-electron chi connectivity index (χ0n) is 22.9. The minimum atomic E-state index is -1.52. The molecule has 0 spiro atoms. The molecule has 0 aliphatic carbocycles. The maximum atomic E-state index is 11.9. The maximum Gasteiger partial charge on any atom is 0.338 e. The highest BCUT2D eigenvalue weighted by atomic mass is 16.4. The van der Waals surface area contributed by atoms with Crippen molar-refractivity contribution in [3.05, 3.63) is 94.0 Å². The molecule has 0 aliphatic rings. The molecule has 16 nitrogen and oxygen atoms in total. The number of hydrogen-bond acceptors (Lipinski definition) is 12. The highest BCUT2D eigenvalue weighted by Gasteiger charge is 2.19. The largest absolute Gasteiger partial charge is 0.508 e. The van der Waals surface area contributed by atoms with Crippen molar-refractivity contribution in [3.8, 4) is 23.0 Å². The van der Waals surface area contributed by atoms with E-state index in [0.717, 1.165) is 24.3 Å². The van der Waals surface area contributed by atoms with Crippen molar-refractivity contribution < 1.29 is 60.0 Å².